The van der Waals surface area contributed by atoms with Crippen LogP contribution in [0.1, 0.15) is 25.7 Å². The van der Waals surface area contributed by atoms with Crippen LogP contribution in [-0.4, -0.2) is 30.9 Å². The Morgan fingerprint density at radius 1 is 1.45 bits per heavy atom. The third kappa shape index (κ3) is 4.46. The summed E-state index contributed by atoms with van der Waals surface area (Å²) < 4.78 is 13.0. The standard InChI is InChI=1S/C15H20ClFN2O/c1-19-8-6-11(7-9-19)2-5-15(20)18-12-3-4-14(17)13(16)10-12/h3-4,10-11H,2,5-9H2,1H3,(H,18,20). The van der Waals surface area contributed by atoms with Crippen molar-refractivity contribution in [2.45, 2.75) is 25.7 Å². The summed E-state index contributed by atoms with van der Waals surface area (Å²) in [4.78, 5) is 14.2. The zero-order valence-corrected chi connectivity index (χ0v) is 12.4. The van der Waals surface area contributed by atoms with Gasteiger partial charge in [-0.1, -0.05) is 11.6 Å². The molecule has 0 saturated carbocycles. The minimum Gasteiger partial charge on any atom is -0.326 e. The second kappa shape index (κ2) is 7.04. The number of rotatable bonds is 4. The highest BCUT2D eigenvalue weighted by Crippen LogP contribution is 2.22. The van der Waals surface area contributed by atoms with E-state index in [0.29, 0.717) is 18.0 Å². The van der Waals surface area contributed by atoms with Gasteiger partial charge < -0.3 is 10.2 Å². The van der Waals surface area contributed by atoms with Crippen LogP contribution in [0.2, 0.25) is 5.02 Å². The molecule has 1 saturated heterocycles. The first kappa shape index (κ1) is 15.3. The number of nitrogens with one attached hydrogen (secondary N) is 1. The highest BCUT2D eigenvalue weighted by atomic mass is 35.5. The van der Waals surface area contributed by atoms with Crippen molar-refractivity contribution in [3.8, 4) is 0 Å². The maximum atomic E-state index is 13.0. The van der Waals surface area contributed by atoms with Gasteiger partial charge in [0.1, 0.15) is 5.82 Å². The number of carbonyl (C=O) groups is 1. The van der Waals surface area contributed by atoms with Crippen molar-refractivity contribution < 1.29 is 9.18 Å². The van der Waals surface area contributed by atoms with Gasteiger partial charge in [0, 0.05) is 12.1 Å². The second-order valence-electron chi connectivity index (χ2n) is 5.46. The van der Waals surface area contributed by atoms with Crippen LogP contribution in [0.4, 0.5) is 10.1 Å². The van der Waals surface area contributed by atoms with Crippen LogP contribution in [0, 0.1) is 11.7 Å². The van der Waals surface area contributed by atoms with E-state index in [-0.39, 0.29) is 10.9 Å². The van der Waals surface area contributed by atoms with Crippen molar-refractivity contribution in [3.05, 3.63) is 29.0 Å². The van der Waals surface area contributed by atoms with Gasteiger partial charge in [-0.2, -0.15) is 0 Å². The molecule has 1 heterocycles. The summed E-state index contributed by atoms with van der Waals surface area (Å²) in [7, 11) is 2.13. The molecule has 1 N–H and O–H groups in total. The molecule has 1 aliphatic heterocycles. The minimum atomic E-state index is -0.476. The van der Waals surface area contributed by atoms with Crippen molar-refractivity contribution >= 4 is 23.2 Å². The molecule has 1 aliphatic rings. The molecular weight excluding hydrogens is 279 g/mol. The number of hydrogen-bond acceptors (Lipinski definition) is 2. The van der Waals surface area contributed by atoms with Gasteiger partial charge in [0.2, 0.25) is 5.91 Å². The monoisotopic (exact) mass is 298 g/mol. The molecule has 3 nitrogen and oxygen atoms in total. The predicted octanol–water partition coefficient (Wildman–Crippen LogP) is 3.54. The van der Waals surface area contributed by atoms with E-state index in [9.17, 15) is 9.18 Å². The molecule has 110 valence electrons. The first-order chi connectivity index (χ1) is 9.54. The lowest BCUT2D eigenvalue weighted by Crippen LogP contribution is -2.30. The number of nitrogens with zero attached hydrogens (tertiary/aromatic N) is 1. The number of hydrogen-bond donors (Lipinski definition) is 1. The molecule has 0 aliphatic carbocycles. The Kier molecular flexibility index (Phi) is 5.38. The maximum absolute atomic E-state index is 13.0. The SMILES string of the molecule is CN1CCC(CCC(=O)Nc2ccc(F)c(Cl)c2)CC1. The molecule has 0 radical (unpaired) electrons. The van der Waals surface area contributed by atoms with Crippen molar-refractivity contribution in [1.82, 2.24) is 4.90 Å². The summed E-state index contributed by atoms with van der Waals surface area (Å²) in [6.45, 7) is 2.22. The Balaban J connectivity index is 1.76. The zero-order valence-electron chi connectivity index (χ0n) is 11.7. The summed E-state index contributed by atoms with van der Waals surface area (Å²) in [5, 5.41) is 2.78. The predicted molar refractivity (Wildman–Crippen MR) is 79.5 cm³/mol. The van der Waals surface area contributed by atoms with E-state index in [1.54, 1.807) is 0 Å². The first-order valence-electron chi connectivity index (χ1n) is 6.98. The van der Waals surface area contributed by atoms with Crippen LogP contribution in [0.15, 0.2) is 18.2 Å². The molecule has 20 heavy (non-hydrogen) atoms. The fraction of sp³-hybridized carbons (Fsp3) is 0.533. The Bertz CT molecular complexity index is 473. The van der Waals surface area contributed by atoms with Crippen LogP contribution in [0.25, 0.3) is 0 Å². The third-order valence-corrected chi connectivity index (χ3v) is 4.11. The van der Waals surface area contributed by atoms with E-state index >= 15 is 0 Å². The Hall–Kier alpha value is -1.13. The molecular formula is C15H20ClFN2O. The van der Waals surface area contributed by atoms with Crippen LogP contribution in [-0.2, 0) is 4.79 Å². The molecule has 1 fully saturated rings. The molecule has 0 bridgehead atoms. The highest BCUT2D eigenvalue weighted by molar-refractivity contribution is 6.31. The molecule has 1 amide bonds. The van der Waals surface area contributed by atoms with E-state index in [1.807, 2.05) is 0 Å². The van der Waals surface area contributed by atoms with E-state index in [1.165, 1.54) is 18.2 Å². The van der Waals surface area contributed by atoms with Gasteiger partial charge in [0.05, 0.1) is 5.02 Å². The number of carbonyl (C=O) groups excluding carboxylic acids is 1. The quantitative estimate of drug-likeness (QED) is 0.922. The zero-order chi connectivity index (χ0) is 14.5. The van der Waals surface area contributed by atoms with E-state index in [4.69, 9.17) is 11.6 Å². The molecule has 0 spiro atoms. The average molecular weight is 299 g/mol. The normalized spacial score (nSPS) is 17.1. The van der Waals surface area contributed by atoms with Gasteiger partial charge in [0.25, 0.3) is 0 Å². The van der Waals surface area contributed by atoms with Crippen molar-refractivity contribution in [2.24, 2.45) is 5.92 Å². The number of likely N-dealkylation sites (tertiary alicyclic amines) is 1. The fourth-order valence-corrected chi connectivity index (χ4v) is 2.66. The molecule has 5 heteroatoms. The van der Waals surface area contributed by atoms with Gasteiger partial charge in [-0.15, -0.1) is 0 Å². The summed E-state index contributed by atoms with van der Waals surface area (Å²) >= 11 is 5.68. The largest absolute Gasteiger partial charge is 0.326 e. The van der Waals surface area contributed by atoms with Gasteiger partial charge in [-0.05, 0) is 63.5 Å². The van der Waals surface area contributed by atoms with E-state index < -0.39 is 5.82 Å². The molecule has 0 aromatic heterocycles. The summed E-state index contributed by atoms with van der Waals surface area (Å²) in [5.41, 5.74) is 0.546. The van der Waals surface area contributed by atoms with Crippen LogP contribution in [0.3, 0.4) is 0 Å². The summed E-state index contributed by atoms with van der Waals surface area (Å²) in [6, 6.07) is 4.22. The van der Waals surface area contributed by atoms with Crippen molar-refractivity contribution in [2.75, 3.05) is 25.5 Å². The topological polar surface area (TPSA) is 32.3 Å². The molecule has 1 aromatic carbocycles. The maximum Gasteiger partial charge on any atom is 0.224 e. The lowest BCUT2D eigenvalue weighted by Gasteiger charge is -2.28. The molecule has 0 atom stereocenters. The van der Waals surface area contributed by atoms with Crippen molar-refractivity contribution in [3.63, 3.8) is 0 Å². The lowest BCUT2D eigenvalue weighted by molar-refractivity contribution is -0.116. The van der Waals surface area contributed by atoms with Crippen LogP contribution < -0.4 is 5.32 Å². The number of amides is 1. The Morgan fingerprint density at radius 3 is 2.80 bits per heavy atom. The number of anilines is 1. The van der Waals surface area contributed by atoms with Gasteiger partial charge in [-0.3, -0.25) is 4.79 Å². The fourth-order valence-electron chi connectivity index (χ4n) is 2.48. The highest BCUT2D eigenvalue weighted by Gasteiger charge is 2.17. The smallest absolute Gasteiger partial charge is 0.224 e. The second-order valence-corrected chi connectivity index (χ2v) is 5.87. The van der Waals surface area contributed by atoms with Crippen LogP contribution in [0.5, 0.6) is 0 Å². The Morgan fingerprint density at radius 2 is 2.15 bits per heavy atom. The summed E-state index contributed by atoms with van der Waals surface area (Å²) in [5.74, 6) is 0.122. The molecule has 1 aromatic rings. The van der Waals surface area contributed by atoms with Crippen LogP contribution >= 0.6 is 11.6 Å². The summed E-state index contributed by atoms with van der Waals surface area (Å²) in [6.07, 6.45) is 3.73. The lowest BCUT2D eigenvalue weighted by atomic mass is 9.92. The molecule has 0 unspecified atom stereocenters. The van der Waals surface area contributed by atoms with Crippen molar-refractivity contribution in [1.29, 1.82) is 0 Å². The number of piperidine rings is 1. The van der Waals surface area contributed by atoms with Gasteiger partial charge >= 0.3 is 0 Å². The Labute approximate surface area is 124 Å². The first-order valence-corrected chi connectivity index (χ1v) is 7.36. The van der Waals surface area contributed by atoms with E-state index in [2.05, 4.69) is 17.3 Å². The van der Waals surface area contributed by atoms with E-state index in [0.717, 1.165) is 32.4 Å². The number of benzene rings is 1. The van der Waals surface area contributed by atoms with Gasteiger partial charge in [-0.25, -0.2) is 4.39 Å². The average Bonchev–Trinajstić information content (AvgIpc) is 2.42. The third-order valence-electron chi connectivity index (χ3n) is 3.82. The number of halogens is 2. The minimum absolute atomic E-state index is 0.0260. The van der Waals surface area contributed by atoms with Gasteiger partial charge in [0.15, 0.2) is 0 Å². The molecule has 2 rings (SSSR count).